The molecule has 11 nitrogen and oxygen atoms in total. The van der Waals surface area contributed by atoms with E-state index in [1.165, 1.54) is 0 Å². The average Bonchev–Trinajstić information content (AvgIpc) is 3.19. The van der Waals surface area contributed by atoms with Crippen molar-refractivity contribution in [1.82, 2.24) is 0 Å². The van der Waals surface area contributed by atoms with Crippen LogP contribution in [0.3, 0.4) is 0 Å². The van der Waals surface area contributed by atoms with Gasteiger partial charge >= 0.3 is 0 Å². The molecule has 11 heteroatoms. The van der Waals surface area contributed by atoms with E-state index in [9.17, 15) is 19.5 Å². The lowest BCUT2D eigenvalue weighted by molar-refractivity contribution is -0.116. The van der Waals surface area contributed by atoms with Crippen LogP contribution >= 0.6 is 0 Å². The van der Waals surface area contributed by atoms with Crippen LogP contribution in [0.5, 0.6) is 0 Å². The Morgan fingerprint density at radius 3 is 1.82 bits per heavy atom. The fourth-order valence-corrected chi connectivity index (χ4v) is 6.81. The molecule has 0 spiro atoms. The van der Waals surface area contributed by atoms with E-state index in [0.717, 1.165) is 43.2 Å². The van der Waals surface area contributed by atoms with Crippen molar-refractivity contribution in [2.75, 3.05) is 81.5 Å². The lowest BCUT2D eigenvalue weighted by atomic mass is 9.81. The van der Waals surface area contributed by atoms with Crippen molar-refractivity contribution in [3.8, 4) is 0 Å². The Labute approximate surface area is 328 Å². The van der Waals surface area contributed by atoms with Gasteiger partial charge in [-0.3, -0.25) is 14.4 Å². The van der Waals surface area contributed by atoms with Crippen LogP contribution in [0.4, 0.5) is 17.1 Å². The Bertz CT molecular complexity index is 1690. The second-order valence-corrected chi connectivity index (χ2v) is 13.5. The van der Waals surface area contributed by atoms with E-state index in [-0.39, 0.29) is 47.3 Å². The highest BCUT2D eigenvalue weighted by molar-refractivity contribution is 6.52. The molecule has 2 aromatic rings. The summed E-state index contributed by atoms with van der Waals surface area (Å²) in [5, 5.41) is 18.8. The standard InChI is InChI=1S/C44H65N3O8/c1-8-32(21-25-52-11-4)33(22-26-53-12-5)17-15-31-16-19-35(37(29-31)45-39(48)9-2)41-43(50)42(44(41)51)36-20-18-34(30-38(36)46-40(49)10-3)47(23-27-54-13-6)24-28-55-14-7/h15-16,18-20,29-30,32-33,50H,8-14,17,21-28H2,1-7H3,(H,45,48)(H,46,49)/b31-15-,41-35+/t32-,33?/m0/s1. The van der Waals surface area contributed by atoms with Crippen molar-refractivity contribution in [2.45, 2.75) is 87.0 Å². The topological polar surface area (TPSA) is 136 Å². The summed E-state index contributed by atoms with van der Waals surface area (Å²) in [4.78, 5) is 41.6. The molecule has 0 bridgehead atoms. The molecule has 1 unspecified atom stereocenters. The predicted octanol–water partition coefficient (Wildman–Crippen LogP) is 6.63. The third-order valence-corrected chi connectivity index (χ3v) is 10.0. The van der Waals surface area contributed by atoms with Gasteiger partial charge in [-0.1, -0.05) is 45.4 Å². The number of aliphatic hydroxyl groups is 1. The van der Waals surface area contributed by atoms with Crippen molar-refractivity contribution in [1.29, 1.82) is 0 Å². The Kier molecular flexibility index (Phi) is 20.2. The maximum absolute atomic E-state index is 14.0. The Balaban J connectivity index is 2.09. The summed E-state index contributed by atoms with van der Waals surface area (Å²) in [6.45, 7) is 19.9. The zero-order chi connectivity index (χ0) is 40.2. The quantitative estimate of drug-likeness (QED) is 0.0903. The first-order valence-electron chi connectivity index (χ1n) is 20.3. The number of amides is 2. The van der Waals surface area contributed by atoms with Gasteiger partial charge in [0.15, 0.2) is 0 Å². The highest BCUT2D eigenvalue weighted by Gasteiger charge is 2.37. The molecule has 1 aliphatic rings. The second kappa shape index (κ2) is 24.5. The minimum atomic E-state index is -0.374. The molecule has 0 fully saturated rings. The molecule has 0 saturated heterocycles. The minimum Gasteiger partial charge on any atom is -0.506 e. The molecule has 2 aromatic carbocycles. The predicted molar refractivity (Wildman–Crippen MR) is 222 cm³/mol. The summed E-state index contributed by atoms with van der Waals surface area (Å²) >= 11 is 0. The third-order valence-electron chi connectivity index (χ3n) is 10.0. The molecular formula is C44H65N3O8. The fraction of sp³-hybridized carbons (Fsp3) is 0.568. The van der Waals surface area contributed by atoms with Gasteiger partial charge in [0, 0.05) is 87.7 Å². The largest absolute Gasteiger partial charge is 0.506 e. The lowest BCUT2D eigenvalue weighted by Crippen LogP contribution is -2.32. The first kappa shape index (κ1) is 45.4. The second-order valence-electron chi connectivity index (χ2n) is 13.5. The Morgan fingerprint density at radius 2 is 1.27 bits per heavy atom. The fourth-order valence-electron chi connectivity index (χ4n) is 6.81. The third kappa shape index (κ3) is 13.3. The van der Waals surface area contributed by atoms with Crippen LogP contribution in [0.25, 0.3) is 17.2 Å². The van der Waals surface area contributed by atoms with Crippen LogP contribution in [0.2, 0.25) is 0 Å². The van der Waals surface area contributed by atoms with Crippen molar-refractivity contribution in [3.05, 3.63) is 58.2 Å². The summed E-state index contributed by atoms with van der Waals surface area (Å²) in [7, 11) is 0. The number of carbonyl (C=O) groups excluding carboxylic acids is 3. The first-order valence-corrected chi connectivity index (χ1v) is 20.3. The van der Waals surface area contributed by atoms with Crippen molar-refractivity contribution < 1.29 is 38.4 Å². The number of benzene rings is 2. The maximum Gasteiger partial charge on any atom is 0.224 e. The number of hydrogen-bond donors (Lipinski definition) is 3. The van der Waals surface area contributed by atoms with E-state index in [1.54, 1.807) is 26.0 Å². The van der Waals surface area contributed by atoms with E-state index in [0.29, 0.717) is 93.3 Å². The zero-order valence-corrected chi connectivity index (χ0v) is 34.3. The van der Waals surface area contributed by atoms with Gasteiger partial charge < -0.3 is 39.6 Å². The van der Waals surface area contributed by atoms with Gasteiger partial charge in [-0.25, -0.2) is 0 Å². The summed E-state index contributed by atoms with van der Waals surface area (Å²) in [6, 6.07) is 11.0. The Morgan fingerprint density at radius 1 is 0.709 bits per heavy atom. The number of aliphatic hydroxyl groups excluding tert-OH is 1. The molecule has 1 aliphatic carbocycles. The molecule has 0 aromatic heterocycles. The van der Waals surface area contributed by atoms with Crippen LogP contribution in [0.1, 0.15) is 92.6 Å². The number of ether oxygens (including phenoxy) is 4. The van der Waals surface area contributed by atoms with Crippen LogP contribution in [-0.4, -0.2) is 88.6 Å². The summed E-state index contributed by atoms with van der Waals surface area (Å²) in [5.74, 6) is -0.127. The van der Waals surface area contributed by atoms with E-state index >= 15 is 0 Å². The van der Waals surface area contributed by atoms with Crippen LogP contribution < -0.4 is 26.0 Å². The number of Topliss-reactive ketones (excluding diaryl/α,β-unsaturated/α-hetero) is 1. The zero-order valence-electron chi connectivity index (χ0n) is 34.3. The number of rotatable bonds is 26. The number of allylic oxidation sites excluding steroid dienone is 2. The molecular weight excluding hydrogens is 698 g/mol. The highest BCUT2D eigenvalue weighted by Crippen LogP contribution is 2.41. The molecule has 0 aliphatic heterocycles. The van der Waals surface area contributed by atoms with Crippen molar-refractivity contribution in [3.63, 3.8) is 0 Å². The summed E-state index contributed by atoms with van der Waals surface area (Å²) in [5.41, 5.74) is 2.35. The van der Waals surface area contributed by atoms with Crippen molar-refractivity contribution in [2.24, 2.45) is 11.8 Å². The summed E-state index contributed by atoms with van der Waals surface area (Å²) < 4.78 is 22.6. The molecule has 2 amide bonds. The molecule has 0 heterocycles. The molecule has 3 N–H and O–H groups in total. The van der Waals surface area contributed by atoms with Gasteiger partial charge in [0.25, 0.3) is 0 Å². The van der Waals surface area contributed by atoms with Crippen LogP contribution in [0.15, 0.2) is 42.2 Å². The number of carbonyl (C=O) groups is 3. The molecule has 0 saturated carbocycles. The first-order chi connectivity index (χ1) is 26.7. The molecule has 2 atom stereocenters. The molecule has 3 rings (SSSR count). The number of nitrogens with one attached hydrogen (secondary N) is 2. The number of ketones is 1. The average molecular weight is 764 g/mol. The monoisotopic (exact) mass is 763 g/mol. The number of anilines is 3. The van der Waals surface area contributed by atoms with Gasteiger partial charge in [0.2, 0.25) is 17.6 Å². The van der Waals surface area contributed by atoms with Crippen molar-refractivity contribution >= 4 is 51.9 Å². The van der Waals surface area contributed by atoms with Gasteiger partial charge in [-0.05, 0) is 88.3 Å². The van der Waals surface area contributed by atoms with E-state index in [1.807, 2.05) is 52.0 Å². The minimum absolute atomic E-state index is 0.112. The number of hydrogen-bond acceptors (Lipinski definition) is 9. The van der Waals surface area contributed by atoms with Gasteiger partial charge in [0.1, 0.15) is 5.76 Å². The van der Waals surface area contributed by atoms with Gasteiger partial charge in [-0.15, -0.1) is 0 Å². The number of nitrogens with zero attached hydrogens (tertiary/aromatic N) is 1. The Hall–Kier alpha value is -4.03. The van der Waals surface area contributed by atoms with E-state index in [2.05, 4.69) is 28.5 Å². The lowest BCUT2D eigenvalue weighted by Gasteiger charge is -2.28. The van der Waals surface area contributed by atoms with E-state index in [4.69, 9.17) is 18.9 Å². The van der Waals surface area contributed by atoms with Gasteiger partial charge in [0.05, 0.1) is 30.0 Å². The molecule has 55 heavy (non-hydrogen) atoms. The molecule has 304 valence electrons. The SMILES string of the molecule is CCOCCC(C/C=c1/cc/c(=C2\C(=O)C(c3ccc(N(CCOCC)CCOCC)cc3NC(=O)CC)=C2O)c(NC(=O)CC)c1)[C@@H](CC)CCOCC. The van der Waals surface area contributed by atoms with Crippen LogP contribution in [-0.2, 0) is 33.3 Å². The van der Waals surface area contributed by atoms with E-state index < -0.39 is 0 Å². The van der Waals surface area contributed by atoms with Gasteiger partial charge in [-0.2, -0.15) is 0 Å². The maximum atomic E-state index is 14.0. The van der Waals surface area contributed by atoms with Crippen LogP contribution in [0, 0.1) is 11.8 Å². The molecule has 0 radical (unpaired) electrons. The highest BCUT2D eigenvalue weighted by atomic mass is 16.5. The normalized spacial score (nSPS) is 15.2. The summed E-state index contributed by atoms with van der Waals surface area (Å²) in [6.07, 6.45) is 6.43. The smallest absolute Gasteiger partial charge is 0.224 e.